The number of rotatable bonds is 6. The average molecular weight is 335 g/mol. The van der Waals surface area contributed by atoms with Crippen LogP contribution in [0.25, 0.3) is 11.1 Å². The van der Waals surface area contributed by atoms with E-state index in [1.807, 2.05) is 13.8 Å². The van der Waals surface area contributed by atoms with E-state index < -0.39 is 5.41 Å². The van der Waals surface area contributed by atoms with Gasteiger partial charge in [0.05, 0.1) is 0 Å². The Morgan fingerprint density at radius 2 is 1.64 bits per heavy atom. The molecule has 0 aromatic heterocycles. The van der Waals surface area contributed by atoms with Gasteiger partial charge in [0.2, 0.25) is 0 Å². The van der Waals surface area contributed by atoms with E-state index in [1.165, 1.54) is 36.1 Å². The maximum atomic E-state index is 11.2. The van der Waals surface area contributed by atoms with E-state index in [4.69, 9.17) is 0 Å². The predicted octanol–water partition coefficient (Wildman–Crippen LogP) is 4.86. The molecule has 2 aromatic rings. The molecule has 0 saturated carbocycles. The third-order valence-corrected chi connectivity index (χ3v) is 5.59. The number of hydrogen-bond donors (Lipinski definition) is 0. The molecule has 132 valence electrons. The van der Waals surface area contributed by atoms with Crippen LogP contribution in [0.3, 0.4) is 0 Å². The van der Waals surface area contributed by atoms with Crippen molar-refractivity contribution in [1.29, 1.82) is 0 Å². The van der Waals surface area contributed by atoms with Gasteiger partial charge in [-0.15, -0.1) is 0 Å². The SMILES string of the molecule is CC1CCCN1CCc1ccc(-c2ccc(C(C)(C)C=O)cc2)cc1. The van der Waals surface area contributed by atoms with E-state index >= 15 is 0 Å². The molecule has 25 heavy (non-hydrogen) atoms. The minimum Gasteiger partial charge on any atom is -0.302 e. The van der Waals surface area contributed by atoms with Crippen LogP contribution in [0.2, 0.25) is 0 Å². The summed E-state index contributed by atoms with van der Waals surface area (Å²) < 4.78 is 0. The molecule has 0 spiro atoms. The summed E-state index contributed by atoms with van der Waals surface area (Å²) in [7, 11) is 0. The average Bonchev–Trinajstić information content (AvgIpc) is 3.05. The number of hydrogen-bond acceptors (Lipinski definition) is 2. The molecule has 1 aliphatic rings. The normalized spacial score (nSPS) is 18.4. The van der Waals surface area contributed by atoms with Crippen LogP contribution in [-0.4, -0.2) is 30.3 Å². The maximum absolute atomic E-state index is 11.2. The predicted molar refractivity (Wildman–Crippen MR) is 105 cm³/mol. The Hall–Kier alpha value is -1.93. The molecule has 2 heteroatoms. The third-order valence-electron chi connectivity index (χ3n) is 5.59. The number of benzene rings is 2. The van der Waals surface area contributed by atoms with Gasteiger partial charge in [-0.3, -0.25) is 0 Å². The number of likely N-dealkylation sites (tertiary alicyclic amines) is 1. The Balaban J connectivity index is 1.64. The number of aldehydes is 1. The largest absolute Gasteiger partial charge is 0.302 e. The summed E-state index contributed by atoms with van der Waals surface area (Å²) in [4.78, 5) is 13.8. The van der Waals surface area contributed by atoms with E-state index in [9.17, 15) is 4.79 Å². The van der Waals surface area contributed by atoms with Crippen molar-refractivity contribution in [3.05, 3.63) is 59.7 Å². The summed E-state index contributed by atoms with van der Waals surface area (Å²) >= 11 is 0. The lowest BCUT2D eigenvalue weighted by Crippen LogP contribution is -2.28. The molecular formula is C23H29NO. The molecule has 0 radical (unpaired) electrons. The van der Waals surface area contributed by atoms with Gasteiger partial charge in [0.15, 0.2) is 0 Å². The van der Waals surface area contributed by atoms with Gasteiger partial charge in [-0.1, -0.05) is 48.5 Å². The molecule has 1 fully saturated rings. The lowest BCUT2D eigenvalue weighted by Gasteiger charge is -2.20. The second kappa shape index (κ2) is 7.53. The van der Waals surface area contributed by atoms with Crippen molar-refractivity contribution < 1.29 is 4.79 Å². The van der Waals surface area contributed by atoms with E-state index in [-0.39, 0.29) is 0 Å². The zero-order valence-corrected chi connectivity index (χ0v) is 15.7. The first-order chi connectivity index (χ1) is 12.0. The topological polar surface area (TPSA) is 20.3 Å². The van der Waals surface area contributed by atoms with E-state index in [2.05, 4.69) is 60.4 Å². The molecule has 0 aliphatic carbocycles. The number of nitrogens with zero attached hydrogens (tertiary/aromatic N) is 1. The van der Waals surface area contributed by atoms with Gasteiger partial charge in [-0.25, -0.2) is 0 Å². The molecule has 0 amide bonds. The first kappa shape index (κ1) is 17.9. The summed E-state index contributed by atoms with van der Waals surface area (Å²) in [6, 6.07) is 18.0. The molecule has 2 nitrogen and oxygen atoms in total. The molecule has 0 N–H and O–H groups in total. The highest BCUT2D eigenvalue weighted by molar-refractivity contribution is 5.69. The molecule has 1 heterocycles. The Labute approximate surface area is 151 Å². The Morgan fingerprint density at radius 1 is 1.04 bits per heavy atom. The summed E-state index contributed by atoms with van der Waals surface area (Å²) in [5.74, 6) is 0. The quantitative estimate of drug-likeness (QED) is 0.703. The lowest BCUT2D eigenvalue weighted by atomic mass is 9.85. The van der Waals surface area contributed by atoms with Gasteiger partial charge in [0, 0.05) is 18.0 Å². The monoisotopic (exact) mass is 335 g/mol. The minimum absolute atomic E-state index is 0.422. The van der Waals surface area contributed by atoms with Gasteiger partial charge in [0.25, 0.3) is 0 Å². The molecule has 1 aliphatic heterocycles. The zero-order valence-electron chi connectivity index (χ0n) is 15.7. The Bertz CT molecular complexity index is 700. The highest BCUT2D eigenvalue weighted by atomic mass is 16.1. The molecular weight excluding hydrogens is 306 g/mol. The summed E-state index contributed by atoms with van der Waals surface area (Å²) in [6.45, 7) is 8.65. The van der Waals surface area contributed by atoms with Gasteiger partial charge in [-0.2, -0.15) is 0 Å². The van der Waals surface area contributed by atoms with Crippen LogP contribution in [0.5, 0.6) is 0 Å². The smallest absolute Gasteiger partial charge is 0.129 e. The van der Waals surface area contributed by atoms with Crippen LogP contribution < -0.4 is 0 Å². The Morgan fingerprint density at radius 3 is 2.16 bits per heavy atom. The first-order valence-corrected chi connectivity index (χ1v) is 9.40. The van der Waals surface area contributed by atoms with E-state index in [0.29, 0.717) is 0 Å². The van der Waals surface area contributed by atoms with Gasteiger partial charge in [0.1, 0.15) is 6.29 Å². The Kier molecular flexibility index (Phi) is 5.39. The van der Waals surface area contributed by atoms with Crippen molar-refractivity contribution in [2.45, 2.75) is 51.5 Å². The van der Waals surface area contributed by atoms with Gasteiger partial charge >= 0.3 is 0 Å². The number of carbonyl (C=O) groups excluding carboxylic acids is 1. The third kappa shape index (κ3) is 4.19. The van der Waals surface area contributed by atoms with E-state index in [1.54, 1.807) is 0 Å². The van der Waals surface area contributed by atoms with Crippen molar-refractivity contribution in [3.8, 4) is 11.1 Å². The van der Waals surface area contributed by atoms with Crippen molar-refractivity contribution in [3.63, 3.8) is 0 Å². The minimum atomic E-state index is -0.422. The lowest BCUT2D eigenvalue weighted by molar-refractivity contribution is -0.111. The number of carbonyl (C=O) groups is 1. The van der Waals surface area contributed by atoms with Gasteiger partial charge in [-0.05, 0) is 68.8 Å². The van der Waals surface area contributed by atoms with Crippen molar-refractivity contribution in [1.82, 2.24) is 4.90 Å². The van der Waals surface area contributed by atoms with Gasteiger partial charge < -0.3 is 9.69 Å². The molecule has 1 unspecified atom stereocenters. The van der Waals surface area contributed by atoms with Crippen LogP contribution in [0.4, 0.5) is 0 Å². The fourth-order valence-corrected chi connectivity index (χ4v) is 3.62. The molecule has 2 aromatic carbocycles. The van der Waals surface area contributed by atoms with Crippen LogP contribution in [-0.2, 0) is 16.6 Å². The van der Waals surface area contributed by atoms with Crippen LogP contribution in [0.1, 0.15) is 44.7 Å². The maximum Gasteiger partial charge on any atom is 0.129 e. The van der Waals surface area contributed by atoms with Crippen molar-refractivity contribution in [2.24, 2.45) is 0 Å². The highest BCUT2D eigenvalue weighted by Crippen LogP contribution is 2.26. The molecule has 0 bridgehead atoms. The second-order valence-corrected chi connectivity index (χ2v) is 7.89. The van der Waals surface area contributed by atoms with Crippen LogP contribution in [0.15, 0.2) is 48.5 Å². The van der Waals surface area contributed by atoms with E-state index in [0.717, 1.165) is 30.9 Å². The summed E-state index contributed by atoms with van der Waals surface area (Å²) in [5, 5.41) is 0. The zero-order chi connectivity index (χ0) is 17.9. The van der Waals surface area contributed by atoms with Crippen molar-refractivity contribution >= 4 is 6.29 Å². The van der Waals surface area contributed by atoms with Crippen LogP contribution >= 0.6 is 0 Å². The summed E-state index contributed by atoms with van der Waals surface area (Å²) in [6.07, 6.45) is 4.82. The van der Waals surface area contributed by atoms with Crippen molar-refractivity contribution in [2.75, 3.05) is 13.1 Å². The second-order valence-electron chi connectivity index (χ2n) is 7.89. The summed E-state index contributed by atoms with van der Waals surface area (Å²) in [5.41, 5.74) is 4.47. The molecule has 1 saturated heterocycles. The fraction of sp³-hybridized carbons (Fsp3) is 0.435. The standard InChI is InChI=1S/C23H29NO/c1-18-5-4-15-24(18)16-14-19-6-8-20(9-7-19)21-10-12-22(13-11-21)23(2,3)17-25/h6-13,17-18H,4-5,14-16H2,1-3H3. The molecule has 1 atom stereocenters. The first-order valence-electron chi connectivity index (χ1n) is 9.40. The fourth-order valence-electron chi connectivity index (χ4n) is 3.62. The molecule has 3 rings (SSSR count). The highest BCUT2D eigenvalue weighted by Gasteiger charge is 2.20. The van der Waals surface area contributed by atoms with Crippen LogP contribution in [0, 0.1) is 0 Å².